The van der Waals surface area contributed by atoms with Gasteiger partial charge in [0.15, 0.2) is 0 Å². The third-order valence-corrected chi connectivity index (χ3v) is 5.66. The molecule has 0 saturated carbocycles. The number of ether oxygens (including phenoxy) is 1. The third kappa shape index (κ3) is 4.48. The van der Waals surface area contributed by atoms with Gasteiger partial charge >= 0.3 is 0 Å². The Morgan fingerprint density at radius 1 is 1.08 bits per heavy atom. The first-order valence-electron chi connectivity index (χ1n) is 8.52. The van der Waals surface area contributed by atoms with Gasteiger partial charge in [0.2, 0.25) is 5.91 Å². The van der Waals surface area contributed by atoms with Crippen LogP contribution in [0.5, 0.6) is 5.75 Å². The van der Waals surface area contributed by atoms with Gasteiger partial charge < -0.3 is 14.5 Å². The summed E-state index contributed by atoms with van der Waals surface area (Å²) in [6, 6.07) is 16.3. The highest BCUT2D eigenvalue weighted by Crippen LogP contribution is 2.24. The van der Waals surface area contributed by atoms with Crippen LogP contribution in [-0.4, -0.2) is 49.8 Å². The number of nitrogens with zero attached hydrogens (tertiary/aromatic N) is 2. The van der Waals surface area contributed by atoms with E-state index >= 15 is 0 Å². The number of anilines is 1. The Balaban J connectivity index is 1.51. The Morgan fingerprint density at radius 3 is 2.56 bits per heavy atom. The molecule has 4 nitrogen and oxygen atoms in total. The number of benzene rings is 2. The van der Waals surface area contributed by atoms with Crippen LogP contribution in [0.15, 0.2) is 53.4 Å². The molecule has 0 spiro atoms. The average Bonchev–Trinajstić information content (AvgIpc) is 2.67. The topological polar surface area (TPSA) is 32.8 Å². The number of carbonyl (C=O) groups excluding carboxylic acids is 1. The number of thioether (sulfide) groups is 1. The zero-order valence-corrected chi connectivity index (χ0v) is 15.6. The van der Waals surface area contributed by atoms with E-state index in [0.717, 1.165) is 37.6 Å². The maximum Gasteiger partial charge on any atom is 0.233 e. The highest BCUT2D eigenvalue weighted by molar-refractivity contribution is 8.00. The minimum absolute atomic E-state index is 0.221. The largest absolute Gasteiger partial charge is 0.497 e. The summed E-state index contributed by atoms with van der Waals surface area (Å²) in [5, 5.41) is 0. The van der Waals surface area contributed by atoms with Crippen molar-refractivity contribution in [3.8, 4) is 5.75 Å². The fourth-order valence-electron chi connectivity index (χ4n) is 2.97. The Hall–Kier alpha value is -2.14. The number of hydrogen-bond acceptors (Lipinski definition) is 4. The Labute approximate surface area is 153 Å². The van der Waals surface area contributed by atoms with Gasteiger partial charge in [-0.1, -0.05) is 24.3 Å². The molecule has 0 atom stereocenters. The van der Waals surface area contributed by atoms with Gasteiger partial charge in [0.1, 0.15) is 5.75 Å². The first kappa shape index (κ1) is 17.7. The molecule has 0 N–H and O–H groups in total. The molecule has 0 radical (unpaired) electrons. The molecule has 0 bridgehead atoms. The molecule has 5 heteroatoms. The van der Waals surface area contributed by atoms with E-state index in [1.807, 2.05) is 35.2 Å². The Morgan fingerprint density at radius 2 is 1.84 bits per heavy atom. The van der Waals surface area contributed by atoms with Crippen molar-refractivity contribution in [2.24, 2.45) is 0 Å². The average molecular weight is 356 g/mol. The number of piperazine rings is 1. The molecule has 0 unspecified atom stereocenters. The molecule has 1 aliphatic rings. The third-order valence-electron chi connectivity index (χ3n) is 4.50. The van der Waals surface area contributed by atoms with Crippen molar-refractivity contribution < 1.29 is 9.53 Å². The second-order valence-electron chi connectivity index (χ2n) is 6.12. The van der Waals surface area contributed by atoms with E-state index in [2.05, 4.69) is 30.0 Å². The molecule has 0 aromatic heterocycles. The van der Waals surface area contributed by atoms with Gasteiger partial charge in [0.25, 0.3) is 0 Å². The summed E-state index contributed by atoms with van der Waals surface area (Å²) < 4.78 is 5.29. The van der Waals surface area contributed by atoms with Crippen LogP contribution in [0.4, 0.5) is 5.69 Å². The van der Waals surface area contributed by atoms with Gasteiger partial charge in [-0.2, -0.15) is 0 Å². The second-order valence-corrected chi connectivity index (χ2v) is 7.14. The van der Waals surface area contributed by atoms with Crippen LogP contribution < -0.4 is 9.64 Å². The number of carbonyl (C=O) groups is 1. The fourth-order valence-corrected chi connectivity index (χ4v) is 3.90. The van der Waals surface area contributed by atoms with Crippen LogP contribution in [0.1, 0.15) is 5.56 Å². The lowest BCUT2D eigenvalue weighted by molar-refractivity contribution is -0.128. The molecule has 1 aliphatic heterocycles. The van der Waals surface area contributed by atoms with Crippen LogP contribution in [0, 0.1) is 6.92 Å². The monoisotopic (exact) mass is 356 g/mol. The Kier molecular flexibility index (Phi) is 5.87. The van der Waals surface area contributed by atoms with Crippen LogP contribution in [0.3, 0.4) is 0 Å². The summed E-state index contributed by atoms with van der Waals surface area (Å²) in [5.74, 6) is 1.59. The maximum absolute atomic E-state index is 12.5. The molecule has 1 fully saturated rings. The summed E-state index contributed by atoms with van der Waals surface area (Å²) in [5.41, 5.74) is 2.38. The summed E-state index contributed by atoms with van der Waals surface area (Å²) in [6.45, 7) is 5.33. The number of methoxy groups -OCH3 is 1. The van der Waals surface area contributed by atoms with Gasteiger partial charge in [-0.3, -0.25) is 4.79 Å². The first-order chi connectivity index (χ1) is 12.2. The number of aryl methyl sites for hydroxylation is 1. The summed E-state index contributed by atoms with van der Waals surface area (Å²) in [7, 11) is 1.68. The smallest absolute Gasteiger partial charge is 0.233 e. The zero-order chi connectivity index (χ0) is 17.6. The van der Waals surface area contributed by atoms with E-state index in [4.69, 9.17) is 4.74 Å². The number of rotatable bonds is 5. The van der Waals surface area contributed by atoms with E-state index in [1.54, 1.807) is 18.9 Å². The molecule has 1 saturated heterocycles. The van der Waals surface area contributed by atoms with E-state index in [-0.39, 0.29) is 5.91 Å². The summed E-state index contributed by atoms with van der Waals surface area (Å²) in [6.07, 6.45) is 0. The van der Waals surface area contributed by atoms with E-state index in [0.29, 0.717) is 5.75 Å². The molecular weight excluding hydrogens is 332 g/mol. The van der Waals surface area contributed by atoms with Crippen molar-refractivity contribution in [1.29, 1.82) is 0 Å². The number of hydrogen-bond donors (Lipinski definition) is 0. The zero-order valence-electron chi connectivity index (χ0n) is 14.8. The normalized spacial score (nSPS) is 14.5. The standard InChI is InChI=1S/C20H24N2O2S/c1-16-6-3-4-9-19(16)25-15-20(23)22-12-10-21(11-13-22)17-7-5-8-18(14-17)24-2/h3-9,14H,10-13,15H2,1-2H3. The van der Waals surface area contributed by atoms with Crippen molar-refractivity contribution >= 4 is 23.4 Å². The van der Waals surface area contributed by atoms with Crippen molar-refractivity contribution in [2.45, 2.75) is 11.8 Å². The molecule has 3 rings (SSSR count). The van der Waals surface area contributed by atoms with Crippen molar-refractivity contribution in [3.05, 3.63) is 54.1 Å². The quantitative estimate of drug-likeness (QED) is 0.769. The fraction of sp³-hybridized carbons (Fsp3) is 0.350. The van der Waals surface area contributed by atoms with Crippen LogP contribution >= 0.6 is 11.8 Å². The van der Waals surface area contributed by atoms with E-state index in [9.17, 15) is 4.79 Å². The molecule has 25 heavy (non-hydrogen) atoms. The predicted molar refractivity (Wildman–Crippen MR) is 104 cm³/mol. The highest BCUT2D eigenvalue weighted by Gasteiger charge is 2.21. The minimum Gasteiger partial charge on any atom is -0.497 e. The lowest BCUT2D eigenvalue weighted by atomic mass is 10.2. The summed E-state index contributed by atoms with van der Waals surface area (Å²) >= 11 is 1.63. The molecule has 1 heterocycles. The molecule has 132 valence electrons. The minimum atomic E-state index is 0.221. The van der Waals surface area contributed by atoms with Crippen LogP contribution in [0.25, 0.3) is 0 Å². The lowest BCUT2D eigenvalue weighted by Gasteiger charge is -2.36. The first-order valence-corrected chi connectivity index (χ1v) is 9.51. The molecule has 0 aliphatic carbocycles. The van der Waals surface area contributed by atoms with Crippen LogP contribution in [0.2, 0.25) is 0 Å². The second kappa shape index (κ2) is 8.30. The van der Waals surface area contributed by atoms with Gasteiger partial charge in [0, 0.05) is 42.8 Å². The lowest BCUT2D eigenvalue weighted by Crippen LogP contribution is -2.49. The van der Waals surface area contributed by atoms with E-state index < -0.39 is 0 Å². The van der Waals surface area contributed by atoms with Crippen molar-refractivity contribution in [1.82, 2.24) is 4.90 Å². The van der Waals surface area contributed by atoms with Gasteiger partial charge in [-0.15, -0.1) is 11.8 Å². The van der Waals surface area contributed by atoms with Gasteiger partial charge in [0.05, 0.1) is 12.9 Å². The SMILES string of the molecule is COc1cccc(N2CCN(C(=O)CSc3ccccc3C)CC2)c1. The highest BCUT2D eigenvalue weighted by atomic mass is 32.2. The number of amides is 1. The molecule has 1 amide bonds. The van der Waals surface area contributed by atoms with Gasteiger partial charge in [-0.05, 0) is 30.7 Å². The van der Waals surface area contributed by atoms with Crippen molar-refractivity contribution in [2.75, 3.05) is 43.9 Å². The Bertz CT molecular complexity index is 727. The van der Waals surface area contributed by atoms with Crippen molar-refractivity contribution in [3.63, 3.8) is 0 Å². The molecule has 2 aromatic rings. The van der Waals surface area contributed by atoms with Crippen LogP contribution in [-0.2, 0) is 4.79 Å². The molecule has 2 aromatic carbocycles. The van der Waals surface area contributed by atoms with E-state index in [1.165, 1.54) is 10.5 Å². The predicted octanol–water partition coefficient (Wildman–Crippen LogP) is 3.44. The summed E-state index contributed by atoms with van der Waals surface area (Å²) in [4.78, 5) is 18.0. The maximum atomic E-state index is 12.5. The molecular formula is C20H24N2O2S. The van der Waals surface area contributed by atoms with Gasteiger partial charge in [-0.25, -0.2) is 0 Å².